The second-order valence-corrected chi connectivity index (χ2v) is 10.0. The number of methoxy groups -OCH3 is 2. The van der Waals surface area contributed by atoms with Crippen LogP contribution in [0.1, 0.15) is 75.8 Å². The molecule has 0 fully saturated rings. The van der Waals surface area contributed by atoms with E-state index in [2.05, 4.69) is 12.2 Å². The van der Waals surface area contributed by atoms with Gasteiger partial charge in [0.2, 0.25) is 0 Å². The predicted octanol–water partition coefficient (Wildman–Crippen LogP) is 6.20. The van der Waals surface area contributed by atoms with E-state index < -0.39 is 11.9 Å². The molecule has 0 saturated carbocycles. The van der Waals surface area contributed by atoms with Gasteiger partial charge in [0.1, 0.15) is 5.75 Å². The molecule has 0 bridgehead atoms. The fraction of sp³-hybridized carbons (Fsp3) is 0.438. The van der Waals surface area contributed by atoms with Crippen LogP contribution in [0.4, 0.5) is 0 Å². The molecule has 4 rings (SSSR count). The molecule has 7 nitrogen and oxygen atoms in total. The van der Waals surface area contributed by atoms with Gasteiger partial charge in [0.05, 0.1) is 38.9 Å². The molecule has 0 saturated heterocycles. The summed E-state index contributed by atoms with van der Waals surface area (Å²) in [5.41, 5.74) is 4.43. The second-order valence-electron chi connectivity index (χ2n) is 10.0. The first-order chi connectivity index (χ1) is 18.9. The van der Waals surface area contributed by atoms with Crippen molar-refractivity contribution in [3.05, 3.63) is 76.1 Å². The minimum atomic E-state index is -0.567. The molecule has 2 aromatic rings. The lowest BCUT2D eigenvalue weighted by Crippen LogP contribution is -2.36. The average molecular weight is 534 g/mol. The molecule has 0 amide bonds. The number of dihydropyridines is 1. The second kappa shape index (κ2) is 12.9. The molecule has 39 heavy (non-hydrogen) atoms. The number of para-hydroxylation sites is 1. The monoisotopic (exact) mass is 533 g/mol. The zero-order valence-corrected chi connectivity index (χ0v) is 23.6. The molecule has 0 unspecified atom stereocenters. The lowest BCUT2D eigenvalue weighted by molar-refractivity contribution is -0.139. The van der Waals surface area contributed by atoms with Crippen molar-refractivity contribution in [1.82, 2.24) is 5.32 Å². The molecular weight excluding hydrogens is 494 g/mol. The number of ether oxygens (including phenoxy) is 4. The Balaban J connectivity index is 1.78. The van der Waals surface area contributed by atoms with E-state index in [1.165, 1.54) is 0 Å². The number of carbonyl (C=O) groups is 2. The predicted molar refractivity (Wildman–Crippen MR) is 150 cm³/mol. The third-order valence-electron chi connectivity index (χ3n) is 7.35. The van der Waals surface area contributed by atoms with Crippen molar-refractivity contribution < 1.29 is 28.5 Å². The summed E-state index contributed by atoms with van der Waals surface area (Å²) in [6.45, 7) is 6.84. The van der Waals surface area contributed by atoms with Crippen molar-refractivity contribution in [1.29, 1.82) is 0 Å². The first-order valence-electron chi connectivity index (χ1n) is 13.8. The van der Waals surface area contributed by atoms with Crippen LogP contribution in [0.5, 0.6) is 17.2 Å². The molecule has 0 aromatic heterocycles. The third-order valence-corrected chi connectivity index (χ3v) is 7.35. The molecule has 2 aromatic carbocycles. The van der Waals surface area contributed by atoms with Crippen molar-refractivity contribution in [2.24, 2.45) is 0 Å². The minimum absolute atomic E-state index is 0.00480. The molecule has 1 heterocycles. The van der Waals surface area contributed by atoms with Gasteiger partial charge in [0.15, 0.2) is 17.3 Å². The number of unbranched alkanes of at least 4 members (excludes halogenated alkanes) is 1. The van der Waals surface area contributed by atoms with Crippen molar-refractivity contribution in [3.8, 4) is 17.2 Å². The summed E-state index contributed by atoms with van der Waals surface area (Å²) in [6.07, 6.45) is 3.59. The zero-order chi connectivity index (χ0) is 27.9. The van der Waals surface area contributed by atoms with Crippen molar-refractivity contribution in [2.75, 3.05) is 27.4 Å². The van der Waals surface area contributed by atoms with Crippen LogP contribution in [-0.2, 0) is 14.3 Å². The van der Waals surface area contributed by atoms with Gasteiger partial charge in [0.25, 0.3) is 0 Å². The molecular formula is C32H39NO6. The number of nitrogens with one attached hydrogen (secondary N) is 1. The summed E-state index contributed by atoms with van der Waals surface area (Å²) >= 11 is 0. The van der Waals surface area contributed by atoms with Gasteiger partial charge in [-0.25, -0.2) is 4.79 Å². The Hall–Kier alpha value is -3.74. The molecule has 2 atom stereocenters. The van der Waals surface area contributed by atoms with Gasteiger partial charge in [0, 0.05) is 29.0 Å². The zero-order valence-electron chi connectivity index (χ0n) is 23.6. The number of benzene rings is 2. The van der Waals surface area contributed by atoms with Crippen molar-refractivity contribution in [2.45, 2.75) is 64.7 Å². The van der Waals surface area contributed by atoms with Gasteiger partial charge in [-0.2, -0.15) is 0 Å². The maximum Gasteiger partial charge on any atom is 0.336 e. The van der Waals surface area contributed by atoms with Crippen LogP contribution in [0.3, 0.4) is 0 Å². The van der Waals surface area contributed by atoms with Gasteiger partial charge in [-0.15, -0.1) is 0 Å². The number of hydrogen-bond donors (Lipinski definition) is 1. The first kappa shape index (κ1) is 28.3. The number of carbonyl (C=O) groups excluding carboxylic acids is 2. The van der Waals surface area contributed by atoms with Gasteiger partial charge in [-0.05, 0) is 55.9 Å². The van der Waals surface area contributed by atoms with Crippen LogP contribution in [0.15, 0.2) is 65.0 Å². The van der Waals surface area contributed by atoms with E-state index in [1.54, 1.807) is 14.2 Å². The Morgan fingerprint density at radius 2 is 1.72 bits per heavy atom. The highest BCUT2D eigenvalue weighted by Crippen LogP contribution is 2.48. The highest BCUT2D eigenvalue weighted by atomic mass is 16.5. The summed E-state index contributed by atoms with van der Waals surface area (Å²) in [4.78, 5) is 27.4. The van der Waals surface area contributed by atoms with Gasteiger partial charge in [-0.1, -0.05) is 44.5 Å². The van der Waals surface area contributed by atoms with Crippen molar-refractivity contribution in [3.63, 3.8) is 0 Å². The average Bonchev–Trinajstić information content (AvgIpc) is 2.95. The Morgan fingerprint density at radius 1 is 0.949 bits per heavy atom. The first-order valence-corrected chi connectivity index (χ1v) is 13.8. The highest BCUT2D eigenvalue weighted by molar-refractivity contribution is 6.04. The third kappa shape index (κ3) is 5.97. The van der Waals surface area contributed by atoms with Crippen LogP contribution >= 0.6 is 0 Å². The SMILES string of the molecule is CCCCOc1ccccc1[C@H]1C(C(=O)OCCC)=C(C)NC2=C1C(=O)C[C@@H](c1ccc(OC)c(OC)c1)C2. The van der Waals surface area contributed by atoms with E-state index in [-0.39, 0.29) is 11.7 Å². The van der Waals surface area contributed by atoms with Gasteiger partial charge in [-0.3, -0.25) is 4.79 Å². The van der Waals surface area contributed by atoms with Crippen LogP contribution < -0.4 is 19.5 Å². The largest absolute Gasteiger partial charge is 0.493 e. The van der Waals surface area contributed by atoms with Gasteiger partial charge < -0.3 is 24.3 Å². The molecule has 7 heteroatoms. The smallest absolute Gasteiger partial charge is 0.336 e. The number of hydrogen-bond acceptors (Lipinski definition) is 7. The van der Waals surface area contributed by atoms with E-state index in [0.717, 1.165) is 29.7 Å². The molecule has 0 spiro atoms. The molecule has 1 aliphatic carbocycles. The topological polar surface area (TPSA) is 83.1 Å². The van der Waals surface area contributed by atoms with Crippen LogP contribution in [0.2, 0.25) is 0 Å². The fourth-order valence-electron chi connectivity index (χ4n) is 5.41. The quantitative estimate of drug-likeness (QED) is 0.272. The van der Waals surface area contributed by atoms with Gasteiger partial charge >= 0.3 is 5.97 Å². The maximum atomic E-state index is 14.0. The summed E-state index contributed by atoms with van der Waals surface area (Å²) in [5.74, 6) is 0.957. The summed E-state index contributed by atoms with van der Waals surface area (Å²) in [5, 5.41) is 3.42. The highest BCUT2D eigenvalue weighted by Gasteiger charge is 2.42. The molecule has 2 aliphatic rings. The Kier molecular flexibility index (Phi) is 9.33. The number of Topliss-reactive ketones (excluding diaryl/α,β-unsaturated/α-hetero) is 1. The summed E-state index contributed by atoms with van der Waals surface area (Å²) in [7, 11) is 3.21. The number of allylic oxidation sites excluding steroid dienone is 3. The lowest BCUT2D eigenvalue weighted by Gasteiger charge is -2.37. The minimum Gasteiger partial charge on any atom is -0.493 e. The standard InChI is InChI=1S/C32H39NO6/c1-6-8-16-38-26-12-10-9-11-23(26)30-29(32(35)39-15-7-2)20(3)33-24-17-22(18-25(34)31(24)30)21-13-14-27(36-4)28(19-21)37-5/h9-14,19,22,30,33H,6-8,15-18H2,1-5H3/t22-,30-/m0/s1. The summed E-state index contributed by atoms with van der Waals surface area (Å²) in [6, 6.07) is 13.5. The van der Waals surface area contributed by atoms with E-state index in [9.17, 15) is 9.59 Å². The Bertz CT molecular complexity index is 1280. The van der Waals surface area contributed by atoms with Crippen molar-refractivity contribution >= 4 is 11.8 Å². The van der Waals surface area contributed by atoms with Crippen LogP contribution in [0.25, 0.3) is 0 Å². The number of ketones is 1. The van der Waals surface area contributed by atoms with E-state index in [4.69, 9.17) is 18.9 Å². The Labute approximate surface area is 231 Å². The van der Waals surface area contributed by atoms with E-state index in [1.807, 2.05) is 56.3 Å². The fourth-order valence-corrected chi connectivity index (χ4v) is 5.41. The molecule has 0 radical (unpaired) electrons. The maximum absolute atomic E-state index is 14.0. The number of esters is 1. The number of rotatable bonds is 11. The molecule has 208 valence electrons. The Morgan fingerprint density at radius 3 is 2.44 bits per heavy atom. The van der Waals surface area contributed by atoms with E-state index in [0.29, 0.717) is 66.6 Å². The molecule has 1 N–H and O–H groups in total. The summed E-state index contributed by atoms with van der Waals surface area (Å²) < 4.78 is 22.7. The normalized spacial score (nSPS) is 18.8. The lowest BCUT2D eigenvalue weighted by atomic mass is 9.71. The van der Waals surface area contributed by atoms with E-state index >= 15 is 0 Å². The van der Waals surface area contributed by atoms with Crippen LogP contribution in [0, 0.1) is 0 Å². The molecule has 1 aliphatic heterocycles. The van der Waals surface area contributed by atoms with Crippen LogP contribution in [-0.4, -0.2) is 39.2 Å².